The highest BCUT2D eigenvalue weighted by Gasteiger charge is 2.17. The molecule has 0 heterocycles. The van der Waals surface area contributed by atoms with Gasteiger partial charge in [-0.1, -0.05) is 24.3 Å². The van der Waals surface area contributed by atoms with E-state index in [0.717, 1.165) is 4.90 Å². The molecule has 0 bridgehead atoms. The quantitative estimate of drug-likeness (QED) is 0.607. The van der Waals surface area contributed by atoms with Crippen molar-refractivity contribution in [2.75, 3.05) is 11.1 Å². The van der Waals surface area contributed by atoms with Crippen LogP contribution in [0.1, 0.15) is 18.9 Å². The van der Waals surface area contributed by atoms with Gasteiger partial charge in [-0.15, -0.1) is 11.8 Å². The van der Waals surface area contributed by atoms with Gasteiger partial charge in [0.1, 0.15) is 0 Å². The molecule has 0 aliphatic carbocycles. The van der Waals surface area contributed by atoms with Crippen LogP contribution in [-0.2, 0) is 14.3 Å². The van der Waals surface area contributed by atoms with E-state index in [1.165, 1.54) is 6.92 Å². The van der Waals surface area contributed by atoms with Crippen molar-refractivity contribution in [3.05, 3.63) is 60.2 Å². The standard InChI is InChI=1S/C19H18N2O3S/c1-14(19(23)21-16-7-5-6-15(12-16)13-20)24-18(22)10-11-25-17-8-3-2-4-9-17/h2-9,12,14H,10-11H2,1H3,(H,21,23)/t14-/m0/s1. The Hall–Kier alpha value is -2.78. The fourth-order valence-electron chi connectivity index (χ4n) is 1.99. The molecule has 5 nitrogen and oxygen atoms in total. The summed E-state index contributed by atoms with van der Waals surface area (Å²) in [4.78, 5) is 25.0. The van der Waals surface area contributed by atoms with Crippen molar-refractivity contribution in [2.45, 2.75) is 24.3 Å². The second-order valence-corrected chi connectivity index (χ2v) is 6.39. The number of esters is 1. The van der Waals surface area contributed by atoms with E-state index in [0.29, 0.717) is 17.0 Å². The molecule has 2 rings (SSSR count). The lowest BCUT2D eigenvalue weighted by Gasteiger charge is -2.13. The molecule has 0 fully saturated rings. The summed E-state index contributed by atoms with van der Waals surface area (Å²) < 4.78 is 5.15. The molecule has 128 valence electrons. The third-order valence-electron chi connectivity index (χ3n) is 3.25. The monoisotopic (exact) mass is 354 g/mol. The van der Waals surface area contributed by atoms with Crippen molar-refractivity contribution in [1.29, 1.82) is 5.26 Å². The van der Waals surface area contributed by atoms with Crippen LogP contribution in [0.3, 0.4) is 0 Å². The number of benzene rings is 2. The van der Waals surface area contributed by atoms with Crippen LogP contribution in [0, 0.1) is 11.3 Å². The number of hydrogen-bond acceptors (Lipinski definition) is 5. The number of carbonyl (C=O) groups excluding carboxylic acids is 2. The lowest BCUT2D eigenvalue weighted by Crippen LogP contribution is -2.30. The predicted octanol–water partition coefficient (Wildman–Crippen LogP) is 3.61. The summed E-state index contributed by atoms with van der Waals surface area (Å²) in [5.41, 5.74) is 0.937. The van der Waals surface area contributed by atoms with Gasteiger partial charge in [0.15, 0.2) is 6.10 Å². The third-order valence-corrected chi connectivity index (χ3v) is 4.27. The number of thioether (sulfide) groups is 1. The first-order valence-corrected chi connectivity index (χ1v) is 8.75. The lowest BCUT2D eigenvalue weighted by atomic mass is 10.2. The molecule has 0 saturated heterocycles. The van der Waals surface area contributed by atoms with E-state index in [1.807, 2.05) is 36.4 Å². The van der Waals surface area contributed by atoms with E-state index in [-0.39, 0.29) is 6.42 Å². The third kappa shape index (κ3) is 6.32. The summed E-state index contributed by atoms with van der Waals surface area (Å²) in [6.45, 7) is 1.52. The van der Waals surface area contributed by atoms with Crippen LogP contribution >= 0.6 is 11.8 Å². The summed E-state index contributed by atoms with van der Waals surface area (Å²) in [7, 11) is 0. The molecular formula is C19H18N2O3S. The van der Waals surface area contributed by atoms with Gasteiger partial charge in [-0.25, -0.2) is 0 Å². The number of nitriles is 1. The number of anilines is 1. The van der Waals surface area contributed by atoms with E-state index < -0.39 is 18.0 Å². The van der Waals surface area contributed by atoms with E-state index in [4.69, 9.17) is 10.00 Å². The van der Waals surface area contributed by atoms with Gasteiger partial charge < -0.3 is 10.1 Å². The van der Waals surface area contributed by atoms with Crippen LogP contribution in [0.2, 0.25) is 0 Å². The number of amides is 1. The minimum Gasteiger partial charge on any atom is -0.453 e. The van der Waals surface area contributed by atoms with Gasteiger partial charge in [0.25, 0.3) is 5.91 Å². The van der Waals surface area contributed by atoms with Crippen molar-refractivity contribution >= 4 is 29.3 Å². The zero-order valence-electron chi connectivity index (χ0n) is 13.8. The van der Waals surface area contributed by atoms with E-state index in [1.54, 1.807) is 36.0 Å². The van der Waals surface area contributed by atoms with E-state index in [2.05, 4.69) is 5.32 Å². The van der Waals surface area contributed by atoms with Crippen LogP contribution in [0.15, 0.2) is 59.5 Å². The second kappa shape index (κ2) is 9.50. The zero-order valence-corrected chi connectivity index (χ0v) is 14.6. The van der Waals surface area contributed by atoms with Crippen LogP contribution in [-0.4, -0.2) is 23.7 Å². The van der Waals surface area contributed by atoms with Gasteiger partial charge in [-0.2, -0.15) is 5.26 Å². The number of hydrogen-bond donors (Lipinski definition) is 1. The van der Waals surface area contributed by atoms with E-state index in [9.17, 15) is 9.59 Å². The Morgan fingerprint density at radius 2 is 1.96 bits per heavy atom. The van der Waals surface area contributed by atoms with Gasteiger partial charge >= 0.3 is 5.97 Å². The van der Waals surface area contributed by atoms with Crippen LogP contribution in [0.25, 0.3) is 0 Å². The summed E-state index contributed by atoms with van der Waals surface area (Å²) in [5.74, 6) is -0.266. The largest absolute Gasteiger partial charge is 0.453 e. The molecule has 0 aliphatic rings. The van der Waals surface area contributed by atoms with Crippen LogP contribution < -0.4 is 5.32 Å². The molecule has 0 spiro atoms. The maximum absolute atomic E-state index is 12.1. The highest BCUT2D eigenvalue weighted by Crippen LogP contribution is 2.18. The molecule has 0 radical (unpaired) electrons. The smallest absolute Gasteiger partial charge is 0.307 e. The predicted molar refractivity (Wildman–Crippen MR) is 97.1 cm³/mol. The van der Waals surface area contributed by atoms with Crippen molar-refractivity contribution < 1.29 is 14.3 Å². The first kappa shape index (κ1) is 18.6. The van der Waals surface area contributed by atoms with Gasteiger partial charge in [0, 0.05) is 16.3 Å². The van der Waals surface area contributed by atoms with Crippen LogP contribution in [0.5, 0.6) is 0 Å². The average Bonchev–Trinajstić information content (AvgIpc) is 2.62. The SMILES string of the molecule is C[C@H](OC(=O)CCSc1ccccc1)C(=O)Nc1cccc(C#N)c1. The molecule has 0 aliphatic heterocycles. The van der Waals surface area contributed by atoms with Gasteiger partial charge in [0.2, 0.25) is 0 Å². The molecule has 6 heteroatoms. The first-order valence-electron chi connectivity index (χ1n) is 7.77. The molecule has 2 aromatic carbocycles. The Kier molecular flexibility index (Phi) is 7.05. The Bertz CT molecular complexity index is 772. The summed E-state index contributed by atoms with van der Waals surface area (Å²) in [6, 6.07) is 18.3. The normalized spacial score (nSPS) is 11.2. The number of carbonyl (C=O) groups is 2. The minimum atomic E-state index is -0.903. The number of nitrogens with zero attached hydrogens (tertiary/aromatic N) is 1. The molecule has 0 aromatic heterocycles. The minimum absolute atomic E-state index is 0.223. The maximum Gasteiger partial charge on any atom is 0.307 e. The van der Waals surface area contributed by atoms with Crippen molar-refractivity contribution in [3.8, 4) is 6.07 Å². The zero-order chi connectivity index (χ0) is 18.1. The Morgan fingerprint density at radius 3 is 2.68 bits per heavy atom. The van der Waals surface area contributed by atoms with Crippen molar-refractivity contribution in [2.24, 2.45) is 0 Å². The Balaban J connectivity index is 1.76. The maximum atomic E-state index is 12.1. The summed E-state index contributed by atoms with van der Waals surface area (Å²) >= 11 is 1.56. The average molecular weight is 354 g/mol. The molecule has 2 aromatic rings. The van der Waals surface area contributed by atoms with Crippen LogP contribution in [0.4, 0.5) is 5.69 Å². The topological polar surface area (TPSA) is 79.2 Å². The van der Waals surface area contributed by atoms with Crippen molar-refractivity contribution in [3.63, 3.8) is 0 Å². The summed E-state index contributed by atoms with van der Waals surface area (Å²) in [6.07, 6.45) is -0.679. The number of nitrogens with one attached hydrogen (secondary N) is 1. The Morgan fingerprint density at radius 1 is 1.20 bits per heavy atom. The fraction of sp³-hybridized carbons (Fsp3) is 0.211. The first-order chi connectivity index (χ1) is 12.1. The summed E-state index contributed by atoms with van der Waals surface area (Å²) in [5, 5.41) is 11.5. The molecule has 1 N–H and O–H groups in total. The highest BCUT2D eigenvalue weighted by atomic mass is 32.2. The molecule has 1 atom stereocenters. The molecule has 1 amide bonds. The van der Waals surface area contributed by atoms with Gasteiger partial charge in [0.05, 0.1) is 18.1 Å². The number of rotatable bonds is 7. The lowest BCUT2D eigenvalue weighted by molar-refractivity contribution is -0.152. The number of ether oxygens (including phenoxy) is 1. The molecule has 0 saturated carbocycles. The molecule has 0 unspecified atom stereocenters. The van der Waals surface area contributed by atoms with E-state index >= 15 is 0 Å². The second-order valence-electron chi connectivity index (χ2n) is 5.23. The highest BCUT2D eigenvalue weighted by molar-refractivity contribution is 7.99. The van der Waals surface area contributed by atoms with Gasteiger partial charge in [-0.3, -0.25) is 9.59 Å². The van der Waals surface area contributed by atoms with Gasteiger partial charge in [-0.05, 0) is 37.3 Å². The Labute approximate surface area is 151 Å². The molecule has 25 heavy (non-hydrogen) atoms. The molecular weight excluding hydrogens is 336 g/mol. The van der Waals surface area contributed by atoms with Crippen molar-refractivity contribution in [1.82, 2.24) is 0 Å². The fourth-order valence-corrected chi connectivity index (χ4v) is 2.84.